The van der Waals surface area contributed by atoms with E-state index in [4.69, 9.17) is 11.6 Å². The van der Waals surface area contributed by atoms with Gasteiger partial charge in [-0.2, -0.15) is 0 Å². The van der Waals surface area contributed by atoms with Gasteiger partial charge in [-0.15, -0.1) is 0 Å². The Morgan fingerprint density at radius 2 is 1.88 bits per heavy atom. The topological polar surface area (TPSA) is 101 Å². The number of H-pyrrole nitrogens is 1. The average Bonchev–Trinajstić information content (AvgIpc) is 3.28. The molecule has 0 amide bonds. The summed E-state index contributed by atoms with van der Waals surface area (Å²) >= 11 is 6.04. The van der Waals surface area contributed by atoms with E-state index in [0.29, 0.717) is 17.0 Å². The van der Waals surface area contributed by atoms with Crippen LogP contribution in [0.25, 0.3) is 27.8 Å². The Labute approximate surface area is 188 Å². The van der Waals surface area contributed by atoms with E-state index in [2.05, 4.69) is 30.2 Å². The maximum Gasteiger partial charge on any atom is 0.267 e. The highest BCUT2D eigenvalue weighted by atomic mass is 35.5. The first-order valence-corrected chi connectivity index (χ1v) is 9.99. The van der Waals surface area contributed by atoms with Gasteiger partial charge in [0.15, 0.2) is 11.5 Å². The van der Waals surface area contributed by atoms with Crippen molar-refractivity contribution in [3.05, 3.63) is 81.6 Å². The fourth-order valence-corrected chi connectivity index (χ4v) is 3.79. The minimum absolute atomic E-state index is 0.0157. The Hall–Kier alpha value is -3.99. The highest BCUT2D eigenvalue weighted by Gasteiger charge is 2.23. The second-order valence-electron chi connectivity index (χ2n) is 7.15. The number of hydrogen-bond donors (Lipinski definition) is 2. The van der Waals surface area contributed by atoms with Crippen LogP contribution in [-0.4, -0.2) is 29.5 Å². The van der Waals surface area contributed by atoms with Crippen molar-refractivity contribution in [1.29, 1.82) is 0 Å². The molecule has 0 saturated carbocycles. The summed E-state index contributed by atoms with van der Waals surface area (Å²) < 4.78 is 43.7. The van der Waals surface area contributed by atoms with Crippen molar-refractivity contribution >= 4 is 39.5 Å². The van der Waals surface area contributed by atoms with Crippen LogP contribution in [0.1, 0.15) is 18.8 Å². The summed E-state index contributed by atoms with van der Waals surface area (Å²) in [5, 5.41) is 2.35. The second-order valence-corrected chi connectivity index (χ2v) is 7.53. The Kier molecular flexibility index (Phi) is 4.97. The fraction of sp³-hybridized carbons (Fsp3) is 0.0952. The SMILES string of the molecule is C[C@@H](Nc1ncnc2[nH]cnc12)c1nc2ccc(F)c(Cl)c2c(=O)n1-c1cc(F)ccc1F. The first-order valence-electron chi connectivity index (χ1n) is 9.62. The Balaban J connectivity index is 1.77. The number of hydrogen-bond acceptors (Lipinski definition) is 6. The van der Waals surface area contributed by atoms with Gasteiger partial charge in [-0.25, -0.2) is 33.1 Å². The predicted molar refractivity (Wildman–Crippen MR) is 116 cm³/mol. The maximum atomic E-state index is 14.7. The van der Waals surface area contributed by atoms with Crippen LogP contribution in [0.2, 0.25) is 5.02 Å². The molecule has 2 N–H and O–H groups in total. The third kappa shape index (κ3) is 3.46. The van der Waals surface area contributed by atoms with Crippen LogP contribution in [-0.2, 0) is 0 Å². The summed E-state index contributed by atoms with van der Waals surface area (Å²) in [7, 11) is 0. The summed E-state index contributed by atoms with van der Waals surface area (Å²) in [6.45, 7) is 1.65. The molecule has 1 atom stereocenters. The van der Waals surface area contributed by atoms with Gasteiger partial charge in [0.25, 0.3) is 5.56 Å². The van der Waals surface area contributed by atoms with Gasteiger partial charge in [-0.05, 0) is 31.2 Å². The molecule has 166 valence electrons. The van der Waals surface area contributed by atoms with Crippen LogP contribution in [0.5, 0.6) is 0 Å². The highest BCUT2D eigenvalue weighted by molar-refractivity contribution is 6.35. The number of aromatic nitrogens is 6. The van der Waals surface area contributed by atoms with Gasteiger partial charge in [-0.3, -0.25) is 9.36 Å². The zero-order valence-corrected chi connectivity index (χ0v) is 17.5. The highest BCUT2D eigenvalue weighted by Crippen LogP contribution is 2.28. The molecule has 0 aliphatic carbocycles. The van der Waals surface area contributed by atoms with E-state index in [9.17, 15) is 18.0 Å². The minimum Gasteiger partial charge on any atom is -0.358 e. The number of rotatable bonds is 4. The van der Waals surface area contributed by atoms with Crippen LogP contribution >= 0.6 is 11.6 Å². The zero-order valence-electron chi connectivity index (χ0n) is 16.8. The van der Waals surface area contributed by atoms with E-state index in [-0.39, 0.29) is 16.7 Å². The van der Waals surface area contributed by atoms with Crippen LogP contribution in [0.15, 0.2) is 47.8 Å². The van der Waals surface area contributed by atoms with Gasteiger partial charge in [-0.1, -0.05) is 11.6 Å². The van der Waals surface area contributed by atoms with Crippen LogP contribution < -0.4 is 10.9 Å². The molecular formula is C21H13ClF3N7O. The van der Waals surface area contributed by atoms with Gasteiger partial charge in [0.05, 0.1) is 34.0 Å². The Morgan fingerprint density at radius 3 is 2.70 bits per heavy atom. The molecular weight excluding hydrogens is 459 g/mol. The van der Waals surface area contributed by atoms with E-state index >= 15 is 0 Å². The molecule has 0 unspecified atom stereocenters. The van der Waals surface area contributed by atoms with E-state index < -0.39 is 39.8 Å². The van der Waals surface area contributed by atoms with E-state index in [1.54, 1.807) is 6.92 Å². The normalized spacial score (nSPS) is 12.4. The molecule has 33 heavy (non-hydrogen) atoms. The van der Waals surface area contributed by atoms with Crippen molar-refractivity contribution in [2.75, 3.05) is 5.32 Å². The number of benzene rings is 2. The molecule has 0 saturated heterocycles. The molecule has 0 fully saturated rings. The number of aromatic amines is 1. The molecule has 0 spiro atoms. The molecule has 3 heterocycles. The van der Waals surface area contributed by atoms with Crippen molar-refractivity contribution in [3.8, 4) is 5.69 Å². The monoisotopic (exact) mass is 471 g/mol. The third-order valence-corrected chi connectivity index (χ3v) is 5.43. The number of imidazole rings is 1. The van der Waals surface area contributed by atoms with E-state index in [1.165, 1.54) is 18.7 Å². The van der Waals surface area contributed by atoms with Crippen molar-refractivity contribution in [2.24, 2.45) is 0 Å². The molecule has 5 aromatic rings. The smallest absolute Gasteiger partial charge is 0.267 e. The Morgan fingerprint density at radius 1 is 1.09 bits per heavy atom. The molecule has 0 bridgehead atoms. The fourth-order valence-electron chi connectivity index (χ4n) is 3.55. The molecule has 3 aromatic heterocycles. The maximum absolute atomic E-state index is 14.7. The van der Waals surface area contributed by atoms with Crippen molar-refractivity contribution < 1.29 is 13.2 Å². The van der Waals surface area contributed by atoms with Crippen LogP contribution in [0, 0.1) is 17.5 Å². The first-order chi connectivity index (χ1) is 15.8. The number of halogens is 4. The number of nitrogens with zero attached hydrogens (tertiary/aromatic N) is 5. The first kappa shape index (κ1) is 20.9. The summed E-state index contributed by atoms with van der Waals surface area (Å²) in [4.78, 5) is 33.1. The van der Waals surface area contributed by atoms with Crippen molar-refractivity contribution in [1.82, 2.24) is 29.5 Å². The molecule has 12 heteroatoms. The van der Waals surface area contributed by atoms with Gasteiger partial charge < -0.3 is 10.3 Å². The third-order valence-electron chi connectivity index (χ3n) is 5.06. The zero-order chi connectivity index (χ0) is 23.3. The van der Waals surface area contributed by atoms with E-state index in [0.717, 1.165) is 28.8 Å². The molecule has 5 rings (SSSR count). The van der Waals surface area contributed by atoms with Crippen LogP contribution in [0.3, 0.4) is 0 Å². The van der Waals surface area contributed by atoms with E-state index in [1.807, 2.05) is 0 Å². The lowest BCUT2D eigenvalue weighted by molar-refractivity contribution is 0.584. The predicted octanol–water partition coefficient (Wildman–Crippen LogP) is 4.30. The average molecular weight is 472 g/mol. The van der Waals surface area contributed by atoms with Crippen molar-refractivity contribution in [2.45, 2.75) is 13.0 Å². The summed E-state index contributed by atoms with van der Waals surface area (Å²) in [6, 6.07) is 4.25. The lowest BCUT2D eigenvalue weighted by atomic mass is 10.2. The second kappa shape index (κ2) is 7.85. The number of anilines is 1. The lowest BCUT2D eigenvalue weighted by Gasteiger charge is -2.20. The quantitative estimate of drug-likeness (QED) is 0.405. The van der Waals surface area contributed by atoms with Crippen molar-refractivity contribution in [3.63, 3.8) is 0 Å². The van der Waals surface area contributed by atoms with Gasteiger partial charge >= 0.3 is 0 Å². The standard InChI is InChI=1S/C21H13ClF3N7O/c1-9(30-19-17-18(27-7-26-17)28-8-29-19)20-31-13-5-4-12(25)16(22)15(13)21(33)32(20)14-6-10(23)2-3-11(14)24/h2-9H,1H3,(H2,26,27,28,29,30)/t9-/m1/s1. The number of nitrogens with one attached hydrogen (secondary N) is 2. The molecule has 0 radical (unpaired) electrons. The molecule has 8 nitrogen and oxygen atoms in total. The minimum atomic E-state index is -0.877. The summed E-state index contributed by atoms with van der Waals surface area (Å²) in [6.07, 6.45) is 2.75. The van der Waals surface area contributed by atoms with Gasteiger partial charge in [0, 0.05) is 6.07 Å². The number of fused-ring (bicyclic) bond motifs is 2. The lowest BCUT2D eigenvalue weighted by Crippen LogP contribution is -2.28. The molecule has 2 aromatic carbocycles. The summed E-state index contributed by atoms with van der Waals surface area (Å²) in [5.41, 5.74) is -0.255. The summed E-state index contributed by atoms with van der Waals surface area (Å²) in [5.74, 6) is -2.15. The molecule has 0 aliphatic rings. The van der Waals surface area contributed by atoms with Crippen LogP contribution in [0.4, 0.5) is 19.0 Å². The van der Waals surface area contributed by atoms with Gasteiger partial charge in [0.2, 0.25) is 0 Å². The Bertz CT molecular complexity index is 1600. The molecule has 0 aliphatic heterocycles. The largest absolute Gasteiger partial charge is 0.358 e. The van der Waals surface area contributed by atoms with Gasteiger partial charge in [0.1, 0.15) is 35.1 Å².